The number of benzene rings is 1. The molecule has 0 saturated heterocycles. The Morgan fingerprint density at radius 2 is 1.50 bits per heavy atom. The fourth-order valence-electron chi connectivity index (χ4n) is 1.20. The predicted octanol–water partition coefficient (Wildman–Crippen LogP) is 4.93. The van der Waals surface area contributed by atoms with Crippen molar-refractivity contribution in [2.45, 2.75) is 57.3 Å². The lowest BCUT2D eigenvalue weighted by atomic mass is 9.82. The van der Waals surface area contributed by atoms with Gasteiger partial charge in [0.15, 0.2) is 0 Å². The first-order valence-electron chi connectivity index (χ1n) is 4.64. The summed E-state index contributed by atoms with van der Waals surface area (Å²) in [5.41, 5.74) is 1.26. The van der Waals surface area contributed by atoms with Gasteiger partial charge in [0.25, 0.3) is 0 Å². The molecule has 16 heavy (non-hydrogen) atoms. The second kappa shape index (κ2) is 6.45. The van der Waals surface area contributed by atoms with E-state index in [2.05, 4.69) is 46.0 Å². The van der Waals surface area contributed by atoms with Gasteiger partial charge in [-0.15, -0.1) is 25.3 Å². The van der Waals surface area contributed by atoms with Gasteiger partial charge in [0.05, 0.1) is 0 Å². The summed E-state index contributed by atoms with van der Waals surface area (Å²) in [6.07, 6.45) is 1.04. The molecule has 1 aromatic carbocycles. The average Bonchev–Trinajstić information content (AvgIpc) is 2.13. The Bertz CT molecular complexity index is 323. The van der Waals surface area contributed by atoms with Gasteiger partial charge in [0, 0.05) is 9.79 Å². The van der Waals surface area contributed by atoms with Crippen molar-refractivity contribution in [3.63, 3.8) is 0 Å². The third-order valence-corrected chi connectivity index (χ3v) is 3.42. The first-order chi connectivity index (χ1) is 6.38. The summed E-state index contributed by atoms with van der Waals surface area (Å²) >= 11 is 8.42. The molecular weight excluding hydrogens is 236 g/mol. The van der Waals surface area contributed by atoms with Crippen LogP contribution >= 0.6 is 25.3 Å². The summed E-state index contributed by atoms with van der Waals surface area (Å²) < 4.78 is 0. The molecule has 1 rings (SSSR count). The fourth-order valence-corrected chi connectivity index (χ4v) is 1.81. The third-order valence-electron chi connectivity index (χ3n) is 2.74. The highest BCUT2D eigenvalue weighted by Gasteiger charge is 2.19. The zero-order valence-corrected chi connectivity index (χ0v) is 10.5. The summed E-state index contributed by atoms with van der Waals surface area (Å²) in [7, 11) is 0. The van der Waals surface area contributed by atoms with Crippen LogP contribution in [0.2, 0.25) is 0 Å². The number of phenolic OH excluding ortho intramolecular Hbond substituents is 1. The van der Waals surface area contributed by atoms with Gasteiger partial charge in [-0.3, -0.25) is 0 Å². The number of hydrogen-bond acceptors (Lipinski definition) is 3. The molecule has 1 nitrogen and oxygen atoms in total. The van der Waals surface area contributed by atoms with Gasteiger partial charge < -0.3 is 5.11 Å². The molecule has 0 fully saturated rings. The maximum atomic E-state index is 9.52. The molecule has 1 aromatic rings. The second-order valence-electron chi connectivity index (χ2n) is 4.10. The molecule has 0 aromatic heterocycles. The number of hydrogen-bond donors (Lipinski definition) is 3. The van der Waals surface area contributed by atoms with E-state index in [1.54, 1.807) is 0 Å². The standard InChI is InChI=1S/C11H16OS2.2CH4/c1-4-11(2,3)7-5-8(13)10(12)9(14)6-7;;/h5-6,12-14H,4H2,1-3H3;2*1H4. The summed E-state index contributed by atoms with van der Waals surface area (Å²) in [5, 5.41) is 9.52. The van der Waals surface area contributed by atoms with Crippen LogP contribution in [0.5, 0.6) is 5.75 Å². The number of rotatable bonds is 2. The summed E-state index contributed by atoms with van der Waals surface area (Å²) in [4.78, 5) is 1.18. The molecule has 0 saturated carbocycles. The largest absolute Gasteiger partial charge is 0.506 e. The second-order valence-corrected chi connectivity index (χ2v) is 5.06. The highest BCUT2D eigenvalue weighted by atomic mass is 32.1. The number of aromatic hydroxyl groups is 1. The highest BCUT2D eigenvalue weighted by Crippen LogP contribution is 2.36. The minimum absolute atomic E-state index is 0. The summed E-state index contributed by atoms with van der Waals surface area (Å²) in [6, 6.07) is 3.81. The normalized spacial score (nSPS) is 10.3. The van der Waals surface area contributed by atoms with Crippen LogP contribution in [0.25, 0.3) is 0 Å². The molecule has 0 aliphatic heterocycles. The van der Waals surface area contributed by atoms with Crippen molar-refractivity contribution >= 4 is 25.3 Å². The highest BCUT2D eigenvalue weighted by molar-refractivity contribution is 7.81. The predicted molar refractivity (Wildman–Crippen MR) is 79.4 cm³/mol. The van der Waals surface area contributed by atoms with Crippen LogP contribution in [0.1, 0.15) is 47.6 Å². The monoisotopic (exact) mass is 260 g/mol. The van der Waals surface area contributed by atoms with Crippen molar-refractivity contribution in [2.24, 2.45) is 0 Å². The van der Waals surface area contributed by atoms with Crippen LogP contribution in [0.3, 0.4) is 0 Å². The van der Waals surface area contributed by atoms with Crippen LogP contribution in [-0.2, 0) is 5.41 Å². The van der Waals surface area contributed by atoms with Crippen molar-refractivity contribution in [1.82, 2.24) is 0 Å². The van der Waals surface area contributed by atoms with Gasteiger partial charge >= 0.3 is 0 Å². The van der Waals surface area contributed by atoms with Crippen LogP contribution in [0.4, 0.5) is 0 Å². The number of thiol groups is 2. The lowest BCUT2D eigenvalue weighted by molar-refractivity contribution is 0.444. The molecule has 0 bridgehead atoms. The van der Waals surface area contributed by atoms with Crippen molar-refractivity contribution in [3.8, 4) is 5.75 Å². The Balaban J connectivity index is 0. The molecular formula is C13H24OS2. The molecule has 0 aliphatic rings. The summed E-state index contributed by atoms with van der Waals surface area (Å²) in [6.45, 7) is 6.48. The van der Waals surface area contributed by atoms with Crippen LogP contribution in [0.15, 0.2) is 21.9 Å². The van der Waals surface area contributed by atoms with E-state index in [9.17, 15) is 5.11 Å². The molecule has 0 heterocycles. The van der Waals surface area contributed by atoms with E-state index < -0.39 is 0 Å². The average molecular weight is 260 g/mol. The Morgan fingerprint density at radius 3 is 1.81 bits per heavy atom. The molecule has 0 amide bonds. The number of phenols is 1. The Morgan fingerprint density at radius 1 is 1.12 bits per heavy atom. The van der Waals surface area contributed by atoms with Gasteiger partial charge in [-0.1, -0.05) is 35.6 Å². The molecule has 0 atom stereocenters. The third kappa shape index (κ3) is 3.63. The molecule has 0 radical (unpaired) electrons. The van der Waals surface area contributed by atoms with Gasteiger partial charge in [0.1, 0.15) is 5.75 Å². The van der Waals surface area contributed by atoms with Gasteiger partial charge in [-0.05, 0) is 29.5 Å². The van der Waals surface area contributed by atoms with Gasteiger partial charge in [-0.25, -0.2) is 0 Å². The molecule has 1 N–H and O–H groups in total. The first kappa shape index (κ1) is 18.1. The molecule has 0 aliphatic carbocycles. The van der Waals surface area contributed by atoms with Gasteiger partial charge in [-0.2, -0.15) is 0 Å². The van der Waals surface area contributed by atoms with Crippen LogP contribution in [0, 0.1) is 0 Å². The molecule has 3 heteroatoms. The lowest BCUT2D eigenvalue weighted by Gasteiger charge is -2.24. The SMILES string of the molecule is C.C.CCC(C)(C)c1cc(S)c(O)c(S)c1. The van der Waals surface area contributed by atoms with E-state index in [0.29, 0.717) is 9.79 Å². The first-order valence-corrected chi connectivity index (χ1v) is 5.53. The zero-order valence-electron chi connectivity index (χ0n) is 8.70. The van der Waals surface area contributed by atoms with E-state index >= 15 is 0 Å². The Hall–Kier alpha value is -0.280. The Kier molecular flexibility index (Phi) is 7.30. The molecule has 0 unspecified atom stereocenters. The molecule has 94 valence electrons. The van der Waals surface area contributed by atoms with E-state index in [1.165, 1.54) is 0 Å². The summed E-state index contributed by atoms with van der Waals surface area (Å²) in [5.74, 6) is 0.160. The smallest absolute Gasteiger partial charge is 0.142 e. The van der Waals surface area contributed by atoms with E-state index in [4.69, 9.17) is 0 Å². The lowest BCUT2D eigenvalue weighted by Crippen LogP contribution is -2.15. The van der Waals surface area contributed by atoms with Gasteiger partial charge in [0.2, 0.25) is 0 Å². The minimum atomic E-state index is 0. The maximum absolute atomic E-state index is 9.52. The minimum Gasteiger partial charge on any atom is -0.506 e. The van der Waals surface area contributed by atoms with E-state index in [1.807, 2.05) is 12.1 Å². The van der Waals surface area contributed by atoms with Crippen molar-refractivity contribution in [2.75, 3.05) is 0 Å². The van der Waals surface area contributed by atoms with Crippen molar-refractivity contribution in [1.29, 1.82) is 0 Å². The Labute approximate surface area is 111 Å². The zero-order chi connectivity index (χ0) is 10.9. The fraction of sp³-hybridized carbons (Fsp3) is 0.538. The van der Waals surface area contributed by atoms with Crippen LogP contribution < -0.4 is 0 Å². The van der Waals surface area contributed by atoms with Crippen molar-refractivity contribution in [3.05, 3.63) is 17.7 Å². The topological polar surface area (TPSA) is 20.2 Å². The van der Waals surface area contributed by atoms with Crippen LogP contribution in [-0.4, -0.2) is 5.11 Å². The van der Waals surface area contributed by atoms with E-state index in [0.717, 1.165) is 12.0 Å². The van der Waals surface area contributed by atoms with Crippen molar-refractivity contribution < 1.29 is 5.11 Å². The quantitative estimate of drug-likeness (QED) is 0.644. The maximum Gasteiger partial charge on any atom is 0.142 e. The van der Waals surface area contributed by atoms with E-state index in [-0.39, 0.29) is 26.0 Å². The molecule has 0 spiro atoms.